The van der Waals surface area contributed by atoms with E-state index >= 15 is 0 Å². The molecule has 6 aliphatic heterocycles. The topological polar surface area (TPSA) is 129 Å². The third-order valence-electron chi connectivity index (χ3n) is 14.2. The second-order valence-electron chi connectivity index (χ2n) is 17.7. The number of phenols is 1. The summed E-state index contributed by atoms with van der Waals surface area (Å²) >= 11 is 0. The van der Waals surface area contributed by atoms with E-state index in [1.165, 1.54) is 47.4 Å². The molecule has 11 heteroatoms. The third kappa shape index (κ3) is 6.81. The number of piperidine rings is 3. The van der Waals surface area contributed by atoms with Crippen molar-refractivity contribution in [1.29, 1.82) is 0 Å². The van der Waals surface area contributed by atoms with Gasteiger partial charge in [0.1, 0.15) is 24.0 Å². The molecule has 4 N–H and O–H groups in total. The van der Waals surface area contributed by atoms with E-state index in [9.17, 15) is 24.9 Å². The lowest BCUT2D eigenvalue weighted by atomic mass is 9.71. The minimum atomic E-state index is -1.15. The van der Waals surface area contributed by atoms with E-state index in [1.54, 1.807) is 18.2 Å². The van der Waals surface area contributed by atoms with E-state index in [4.69, 9.17) is 4.74 Å². The Hall–Kier alpha value is -4.94. The van der Waals surface area contributed by atoms with E-state index < -0.39 is 18.5 Å². The number of benzene rings is 4. The van der Waals surface area contributed by atoms with E-state index in [-0.39, 0.29) is 29.4 Å². The normalized spacial score (nSPS) is 27.3. The van der Waals surface area contributed by atoms with Gasteiger partial charge in [-0.2, -0.15) is 0 Å². The fourth-order valence-electron chi connectivity index (χ4n) is 10.8. The van der Waals surface area contributed by atoms with Crippen molar-refractivity contribution in [3.05, 3.63) is 119 Å². The molecule has 6 aliphatic rings. The standard InChI is InChI=1S/C47H53N5O6/c53-35-11-13-37-41(25-35)58-27-39(31-4-2-1-3-5-31)43(37)32-6-8-33(9-7-32)50-20-16-30(17-21-50)26-49-22-18-47(19-23-49)28-51(29-47)34-10-12-36-38(24-34)46(57)52(45(36)56)40-14-15-42(54)48-44(40)55/h1-13,24-25,30,39-40,42-44,48,53-55H,14-23,26-29H2/t39-,40?,42?,43-,44?/m0/s1. The van der Waals surface area contributed by atoms with Crippen LogP contribution in [0.4, 0.5) is 11.4 Å². The first-order valence-electron chi connectivity index (χ1n) is 21.2. The molecule has 4 fully saturated rings. The quantitative estimate of drug-likeness (QED) is 0.179. The Labute approximate surface area is 339 Å². The van der Waals surface area contributed by atoms with Gasteiger partial charge in [0.2, 0.25) is 0 Å². The Morgan fingerprint density at radius 1 is 0.724 bits per heavy atom. The van der Waals surface area contributed by atoms with Crippen molar-refractivity contribution in [2.24, 2.45) is 11.3 Å². The van der Waals surface area contributed by atoms with Crippen LogP contribution in [0.25, 0.3) is 0 Å². The van der Waals surface area contributed by atoms with Crippen LogP contribution in [0.2, 0.25) is 0 Å². The maximum absolute atomic E-state index is 13.4. The molecule has 0 aromatic heterocycles. The van der Waals surface area contributed by atoms with Gasteiger partial charge in [0.25, 0.3) is 11.8 Å². The molecule has 58 heavy (non-hydrogen) atoms. The van der Waals surface area contributed by atoms with Gasteiger partial charge in [-0.1, -0.05) is 48.5 Å². The highest BCUT2D eigenvalue weighted by Gasteiger charge is 2.47. The molecule has 4 aromatic rings. The van der Waals surface area contributed by atoms with Gasteiger partial charge in [0.15, 0.2) is 0 Å². The summed E-state index contributed by atoms with van der Waals surface area (Å²) in [6, 6.07) is 30.2. The molecule has 5 atom stereocenters. The van der Waals surface area contributed by atoms with Crippen LogP contribution in [0.1, 0.15) is 87.8 Å². The molecule has 0 saturated carbocycles. The molecule has 0 radical (unpaired) electrons. The predicted octanol–water partition coefficient (Wildman–Crippen LogP) is 5.50. The molecule has 10 rings (SSSR count). The molecule has 0 aliphatic carbocycles. The van der Waals surface area contributed by atoms with Crippen molar-refractivity contribution >= 4 is 23.2 Å². The molecular weight excluding hydrogens is 731 g/mol. The molecular formula is C47H53N5O6. The number of aliphatic hydroxyl groups is 2. The Morgan fingerprint density at radius 2 is 1.45 bits per heavy atom. The fourth-order valence-corrected chi connectivity index (χ4v) is 10.8. The summed E-state index contributed by atoms with van der Waals surface area (Å²) < 4.78 is 6.18. The first kappa shape index (κ1) is 37.3. The van der Waals surface area contributed by atoms with Crippen molar-refractivity contribution in [1.82, 2.24) is 15.1 Å². The molecule has 6 heterocycles. The van der Waals surface area contributed by atoms with Crippen LogP contribution in [0.3, 0.4) is 0 Å². The number of nitrogens with one attached hydrogen (secondary N) is 1. The first-order chi connectivity index (χ1) is 28.2. The number of ether oxygens (including phenoxy) is 1. The highest BCUT2D eigenvalue weighted by molar-refractivity contribution is 6.22. The van der Waals surface area contributed by atoms with E-state index in [0.717, 1.165) is 62.8 Å². The number of hydrogen-bond acceptors (Lipinski definition) is 10. The van der Waals surface area contributed by atoms with E-state index in [1.807, 2.05) is 18.2 Å². The minimum Gasteiger partial charge on any atom is -0.508 e. The van der Waals surface area contributed by atoms with E-state index in [2.05, 4.69) is 74.6 Å². The van der Waals surface area contributed by atoms with Crippen LogP contribution in [0.15, 0.2) is 91.0 Å². The summed E-state index contributed by atoms with van der Waals surface area (Å²) in [7, 11) is 0. The zero-order valence-electron chi connectivity index (χ0n) is 32.9. The number of likely N-dealkylation sites (tertiary alicyclic amines) is 1. The number of nitrogens with zero attached hydrogens (tertiary/aromatic N) is 4. The lowest BCUT2D eigenvalue weighted by Crippen LogP contribution is -2.60. The van der Waals surface area contributed by atoms with Crippen LogP contribution in [-0.4, -0.2) is 108 Å². The smallest absolute Gasteiger partial charge is 0.262 e. The number of amides is 2. The number of imide groups is 1. The van der Waals surface area contributed by atoms with Gasteiger partial charge < -0.3 is 34.8 Å². The number of rotatable bonds is 7. The number of anilines is 2. The lowest BCUT2D eigenvalue weighted by Gasteiger charge is -2.55. The van der Waals surface area contributed by atoms with Crippen molar-refractivity contribution < 1.29 is 29.6 Å². The maximum atomic E-state index is 13.4. The summed E-state index contributed by atoms with van der Waals surface area (Å²) in [6.45, 7) is 8.02. The Balaban J connectivity index is 0.711. The Morgan fingerprint density at radius 3 is 2.19 bits per heavy atom. The largest absolute Gasteiger partial charge is 0.508 e. The molecule has 11 nitrogen and oxygen atoms in total. The molecule has 3 unspecified atom stereocenters. The van der Waals surface area contributed by atoms with Crippen molar-refractivity contribution in [2.45, 2.75) is 68.9 Å². The number of aromatic hydroxyl groups is 1. The molecule has 0 bridgehead atoms. The summed E-state index contributed by atoms with van der Waals surface area (Å²) in [5.41, 5.74) is 6.98. The van der Waals surface area contributed by atoms with Crippen LogP contribution >= 0.6 is 0 Å². The number of carbonyl (C=O) groups is 2. The fraction of sp³-hybridized carbons (Fsp3) is 0.447. The zero-order chi connectivity index (χ0) is 39.5. The highest BCUT2D eigenvalue weighted by Crippen LogP contribution is 2.48. The lowest BCUT2D eigenvalue weighted by molar-refractivity contribution is -0.0413. The molecule has 302 valence electrons. The van der Waals surface area contributed by atoms with Gasteiger partial charge in [-0.05, 0) is 105 Å². The number of phenolic OH excluding ortho intramolecular Hbond substituents is 1. The van der Waals surface area contributed by atoms with Crippen molar-refractivity contribution in [3.63, 3.8) is 0 Å². The van der Waals surface area contributed by atoms with Gasteiger partial charge >= 0.3 is 0 Å². The number of fused-ring (bicyclic) bond motifs is 2. The SMILES string of the molecule is O=C1c2ccc(N3CC4(CCN(CC5CCN(c6ccc([C@H]7c8ccc(O)cc8OC[C@H]7c7ccccc7)cc6)CC5)CC4)C3)cc2C(=O)N1C1CCC(O)NC1O. The van der Waals surface area contributed by atoms with Crippen LogP contribution in [0, 0.1) is 11.3 Å². The molecule has 4 saturated heterocycles. The first-order valence-corrected chi connectivity index (χ1v) is 21.2. The average molecular weight is 784 g/mol. The van der Waals surface area contributed by atoms with Gasteiger partial charge in [-0.15, -0.1) is 0 Å². The minimum absolute atomic E-state index is 0.138. The number of hydrogen-bond donors (Lipinski definition) is 4. The zero-order valence-corrected chi connectivity index (χ0v) is 32.9. The monoisotopic (exact) mass is 783 g/mol. The van der Waals surface area contributed by atoms with Crippen LogP contribution < -0.4 is 19.9 Å². The van der Waals surface area contributed by atoms with E-state index in [0.29, 0.717) is 41.9 Å². The van der Waals surface area contributed by atoms with Gasteiger partial charge in [-0.25, -0.2) is 0 Å². The summed E-state index contributed by atoms with van der Waals surface area (Å²) in [5.74, 6) is 1.27. The van der Waals surface area contributed by atoms with Crippen molar-refractivity contribution in [2.75, 3.05) is 62.2 Å². The maximum Gasteiger partial charge on any atom is 0.262 e. The van der Waals surface area contributed by atoms with Gasteiger partial charge in [0, 0.05) is 73.0 Å². The van der Waals surface area contributed by atoms with Crippen molar-refractivity contribution in [3.8, 4) is 11.5 Å². The van der Waals surface area contributed by atoms with Crippen LogP contribution in [0.5, 0.6) is 11.5 Å². The second-order valence-corrected chi connectivity index (χ2v) is 17.7. The second kappa shape index (κ2) is 15.0. The third-order valence-corrected chi connectivity index (χ3v) is 14.2. The van der Waals surface area contributed by atoms with Crippen LogP contribution in [-0.2, 0) is 0 Å². The number of aliphatic hydroxyl groups excluding tert-OH is 2. The van der Waals surface area contributed by atoms with Gasteiger partial charge in [-0.3, -0.25) is 19.8 Å². The summed E-state index contributed by atoms with van der Waals surface area (Å²) in [4.78, 5) is 35.4. The summed E-state index contributed by atoms with van der Waals surface area (Å²) in [6.07, 6.45) is 3.45. The molecule has 1 spiro atoms. The average Bonchev–Trinajstić information content (AvgIpc) is 3.48. The Kier molecular flexibility index (Phi) is 9.67. The predicted molar refractivity (Wildman–Crippen MR) is 221 cm³/mol. The summed E-state index contributed by atoms with van der Waals surface area (Å²) in [5, 5.41) is 33.1. The van der Waals surface area contributed by atoms with Gasteiger partial charge in [0.05, 0.1) is 23.8 Å². The Bertz CT molecular complexity index is 2160. The molecule has 2 amide bonds. The number of carbonyl (C=O) groups excluding carboxylic acids is 2. The molecule has 4 aromatic carbocycles. The highest BCUT2D eigenvalue weighted by atomic mass is 16.5.